The van der Waals surface area contributed by atoms with Gasteiger partial charge in [-0.25, -0.2) is 0 Å². The van der Waals surface area contributed by atoms with Crippen LogP contribution in [0.25, 0.3) is 5.70 Å². The highest BCUT2D eigenvalue weighted by Gasteiger charge is 2.15. The summed E-state index contributed by atoms with van der Waals surface area (Å²) in [6, 6.07) is 18.6. The Morgan fingerprint density at radius 2 is 1.71 bits per heavy atom. The first kappa shape index (κ1) is 16.7. The molecule has 1 aliphatic rings. The van der Waals surface area contributed by atoms with Crippen LogP contribution in [0.5, 0.6) is 0 Å². The zero-order chi connectivity index (χ0) is 16.8. The van der Waals surface area contributed by atoms with Crippen molar-refractivity contribution in [3.63, 3.8) is 0 Å². The Hall–Kier alpha value is -2.17. The van der Waals surface area contributed by atoms with Gasteiger partial charge in [-0.2, -0.15) is 0 Å². The molecule has 4 heteroatoms. The van der Waals surface area contributed by atoms with E-state index < -0.39 is 0 Å². The number of ether oxygens (including phenoxy) is 1. The predicted octanol–water partition coefficient (Wildman–Crippen LogP) is 4.11. The van der Waals surface area contributed by atoms with E-state index in [4.69, 9.17) is 17.0 Å². The first-order chi connectivity index (χ1) is 11.7. The normalized spacial score (nSPS) is 15.2. The van der Waals surface area contributed by atoms with Gasteiger partial charge in [0.25, 0.3) is 0 Å². The highest BCUT2D eigenvalue weighted by Crippen LogP contribution is 2.21. The maximum Gasteiger partial charge on any atom is 0.105 e. The second kappa shape index (κ2) is 8.08. The number of benzene rings is 2. The topological polar surface area (TPSA) is 24.5 Å². The van der Waals surface area contributed by atoms with Gasteiger partial charge < -0.3 is 15.0 Å². The Bertz CT molecular complexity index is 704. The number of morpholine rings is 1. The summed E-state index contributed by atoms with van der Waals surface area (Å²) in [5, 5.41) is 3.31. The summed E-state index contributed by atoms with van der Waals surface area (Å²) in [6.07, 6.45) is 2.05. The van der Waals surface area contributed by atoms with Crippen LogP contribution in [0.1, 0.15) is 11.1 Å². The molecule has 1 heterocycles. The minimum atomic E-state index is 0.712. The minimum Gasteiger partial charge on any atom is -0.378 e. The molecule has 2 aromatic carbocycles. The van der Waals surface area contributed by atoms with E-state index in [2.05, 4.69) is 59.6 Å². The number of nitrogens with zero attached hydrogens (tertiary/aromatic N) is 1. The smallest absolute Gasteiger partial charge is 0.105 e. The van der Waals surface area contributed by atoms with Crippen molar-refractivity contribution in [1.29, 1.82) is 0 Å². The molecule has 0 aliphatic carbocycles. The van der Waals surface area contributed by atoms with E-state index in [9.17, 15) is 0 Å². The van der Waals surface area contributed by atoms with Crippen molar-refractivity contribution in [3.8, 4) is 0 Å². The van der Waals surface area contributed by atoms with E-state index in [1.807, 2.05) is 18.2 Å². The largest absolute Gasteiger partial charge is 0.378 e. The van der Waals surface area contributed by atoms with Crippen LogP contribution in [0.3, 0.4) is 0 Å². The minimum absolute atomic E-state index is 0.712. The molecule has 1 aliphatic heterocycles. The Morgan fingerprint density at radius 1 is 1.04 bits per heavy atom. The fourth-order valence-corrected chi connectivity index (χ4v) is 2.94. The average molecular weight is 338 g/mol. The zero-order valence-electron chi connectivity index (χ0n) is 13.9. The molecule has 0 aromatic heterocycles. The monoisotopic (exact) mass is 338 g/mol. The SMILES string of the molecule is Cc1ccc(NC(=S)C=C(c2ccccc2)N2CCOCC2)cc1. The van der Waals surface area contributed by atoms with Gasteiger partial charge in [-0.1, -0.05) is 60.2 Å². The van der Waals surface area contributed by atoms with Gasteiger partial charge in [-0.05, 0) is 30.7 Å². The number of aryl methyl sites for hydroxylation is 1. The summed E-state index contributed by atoms with van der Waals surface area (Å²) >= 11 is 5.57. The lowest BCUT2D eigenvalue weighted by Gasteiger charge is -2.31. The molecular weight excluding hydrogens is 316 g/mol. The number of nitrogens with one attached hydrogen (secondary N) is 1. The Balaban J connectivity index is 1.82. The molecule has 0 spiro atoms. The molecule has 2 aromatic rings. The first-order valence-corrected chi connectivity index (χ1v) is 8.61. The maximum absolute atomic E-state index is 5.57. The van der Waals surface area contributed by atoms with Crippen LogP contribution >= 0.6 is 12.2 Å². The summed E-state index contributed by atoms with van der Waals surface area (Å²) in [5.74, 6) is 0. The van der Waals surface area contributed by atoms with Crippen LogP contribution in [-0.2, 0) is 4.74 Å². The van der Waals surface area contributed by atoms with E-state index in [1.165, 1.54) is 11.1 Å². The predicted molar refractivity (Wildman–Crippen MR) is 104 cm³/mol. The second-order valence-corrected chi connectivity index (χ2v) is 6.29. The van der Waals surface area contributed by atoms with Crippen LogP contribution in [0.15, 0.2) is 60.7 Å². The third kappa shape index (κ3) is 4.43. The Labute approximate surface area is 148 Å². The molecule has 1 saturated heterocycles. The van der Waals surface area contributed by atoms with Gasteiger partial charge in [0.2, 0.25) is 0 Å². The van der Waals surface area contributed by atoms with Crippen molar-refractivity contribution in [2.24, 2.45) is 0 Å². The summed E-state index contributed by atoms with van der Waals surface area (Å²) < 4.78 is 5.48. The molecule has 3 nitrogen and oxygen atoms in total. The maximum atomic E-state index is 5.57. The number of hydrogen-bond donors (Lipinski definition) is 1. The van der Waals surface area contributed by atoms with Gasteiger partial charge in [-0.3, -0.25) is 0 Å². The molecule has 24 heavy (non-hydrogen) atoms. The van der Waals surface area contributed by atoms with Gasteiger partial charge in [-0.15, -0.1) is 0 Å². The summed E-state index contributed by atoms with van der Waals surface area (Å²) in [6.45, 7) is 5.35. The first-order valence-electron chi connectivity index (χ1n) is 8.20. The van der Waals surface area contributed by atoms with E-state index in [-0.39, 0.29) is 0 Å². The number of anilines is 1. The van der Waals surface area contributed by atoms with Gasteiger partial charge in [0.15, 0.2) is 0 Å². The highest BCUT2D eigenvalue weighted by molar-refractivity contribution is 7.81. The quantitative estimate of drug-likeness (QED) is 0.670. The molecule has 0 radical (unpaired) electrons. The molecule has 1 fully saturated rings. The van der Waals surface area contributed by atoms with E-state index >= 15 is 0 Å². The lowest BCUT2D eigenvalue weighted by molar-refractivity contribution is 0.0640. The van der Waals surface area contributed by atoms with Crippen molar-refractivity contribution in [2.75, 3.05) is 31.6 Å². The van der Waals surface area contributed by atoms with Gasteiger partial charge >= 0.3 is 0 Å². The highest BCUT2D eigenvalue weighted by atomic mass is 32.1. The van der Waals surface area contributed by atoms with E-state index in [0.29, 0.717) is 4.99 Å². The van der Waals surface area contributed by atoms with Crippen LogP contribution in [0, 0.1) is 6.92 Å². The molecule has 0 bridgehead atoms. The Kier molecular flexibility index (Phi) is 5.62. The zero-order valence-corrected chi connectivity index (χ0v) is 14.7. The lowest BCUT2D eigenvalue weighted by Crippen LogP contribution is -2.35. The standard InChI is InChI=1S/C20H22N2OS/c1-16-7-9-18(10-8-16)21-20(24)15-19(17-5-3-2-4-6-17)22-11-13-23-14-12-22/h2-10,15H,11-14H2,1H3,(H,21,24). The van der Waals surface area contributed by atoms with Crippen LogP contribution in [-0.4, -0.2) is 36.2 Å². The van der Waals surface area contributed by atoms with Crippen molar-refractivity contribution in [3.05, 3.63) is 71.8 Å². The van der Waals surface area contributed by atoms with E-state index in [1.54, 1.807) is 0 Å². The molecule has 0 unspecified atom stereocenters. The van der Waals surface area contributed by atoms with Crippen molar-refractivity contribution in [2.45, 2.75) is 6.92 Å². The molecule has 124 valence electrons. The van der Waals surface area contributed by atoms with Crippen molar-refractivity contribution in [1.82, 2.24) is 4.90 Å². The Morgan fingerprint density at radius 3 is 2.38 bits per heavy atom. The molecule has 0 saturated carbocycles. The number of rotatable bonds is 4. The molecular formula is C20H22N2OS. The van der Waals surface area contributed by atoms with Crippen molar-refractivity contribution < 1.29 is 4.74 Å². The summed E-state index contributed by atoms with van der Waals surface area (Å²) in [4.78, 5) is 3.05. The van der Waals surface area contributed by atoms with Gasteiger partial charge in [0, 0.05) is 24.5 Å². The molecule has 0 amide bonds. The molecule has 3 rings (SSSR count). The summed E-state index contributed by atoms with van der Waals surface area (Å²) in [5.41, 5.74) is 4.56. The third-order valence-electron chi connectivity index (χ3n) is 4.01. The summed E-state index contributed by atoms with van der Waals surface area (Å²) in [7, 11) is 0. The number of thiocarbonyl (C=S) groups is 1. The van der Waals surface area contributed by atoms with Crippen LogP contribution < -0.4 is 5.32 Å². The fourth-order valence-electron chi connectivity index (χ4n) is 2.71. The number of hydrogen-bond acceptors (Lipinski definition) is 3. The van der Waals surface area contributed by atoms with Crippen LogP contribution in [0.2, 0.25) is 0 Å². The fraction of sp³-hybridized carbons (Fsp3) is 0.250. The molecule has 1 N–H and O–H groups in total. The van der Waals surface area contributed by atoms with Gasteiger partial charge in [0.1, 0.15) is 4.99 Å². The second-order valence-electron chi connectivity index (χ2n) is 5.85. The van der Waals surface area contributed by atoms with Crippen LogP contribution in [0.4, 0.5) is 5.69 Å². The lowest BCUT2D eigenvalue weighted by atomic mass is 10.1. The van der Waals surface area contributed by atoms with Gasteiger partial charge in [0.05, 0.1) is 13.2 Å². The van der Waals surface area contributed by atoms with Crippen molar-refractivity contribution >= 4 is 28.6 Å². The third-order valence-corrected chi connectivity index (χ3v) is 4.23. The molecule has 0 atom stereocenters. The van der Waals surface area contributed by atoms with E-state index in [0.717, 1.165) is 37.7 Å². The average Bonchev–Trinajstić information content (AvgIpc) is 2.63.